The molecule has 0 aromatic heterocycles. The van der Waals surface area contributed by atoms with Gasteiger partial charge in [0.2, 0.25) is 0 Å². The third-order valence-electron chi connectivity index (χ3n) is 1.80. The Kier molecular flexibility index (Phi) is 1.92. The third-order valence-corrected chi connectivity index (χ3v) is 2.26. The Hall–Kier alpha value is -0.770. The second-order valence-electron chi connectivity index (χ2n) is 2.66. The van der Waals surface area contributed by atoms with E-state index >= 15 is 0 Å². The minimum absolute atomic E-state index is 0.216. The number of hydrogen-bond acceptors (Lipinski definition) is 2. The van der Waals surface area contributed by atoms with Crippen molar-refractivity contribution in [2.45, 2.75) is 0 Å². The van der Waals surface area contributed by atoms with Crippen LogP contribution in [0.15, 0.2) is 16.6 Å². The van der Waals surface area contributed by atoms with Gasteiger partial charge >= 0.3 is 0 Å². The molecule has 1 aliphatic rings. The Bertz CT molecular complexity index is 314. The molecular weight excluding hydrogens is 223 g/mol. The smallest absolute Gasteiger partial charge is 0.149 e. The van der Waals surface area contributed by atoms with E-state index in [2.05, 4.69) is 26.6 Å². The normalized spacial score (nSPS) is 14.5. The summed E-state index contributed by atoms with van der Waals surface area (Å²) in [6.07, 6.45) is 0. The highest BCUT2D eigenvalue weighted by atomic mass is 79.9. The van der Waals surface area contributed by atoms with Gasteiger partial charge in [-0.1, -0.05) is 15.9 Å². The van der Waals surface area contributed by atoms with Crippen LogP contribution in [0.1, 0.15) is 0 Å². The predicted molar refractivity (Wildman–Crippen MR) is 51.1 cm³/mol. The second-order valence-corrected chi connectivity index (χ2v) is 3.58. The van der Waals surface area contributed by atoms with Crippen molar-refractivity contribution in [2.75, 3.05) is 23.7 Å². The Morgan fingerprint density at radius 3 is 2.83 bits per heavy atom. The summed E-state index contributed by atoms with van der Waals surface area (Å²) in [5.41, 5.74) is 1.40. The molecule has 0 spiro atoms. The predicted octanol–water partition coefficient (Wildman–Crippen LogP) is 2.43. The first-order valence-electron chi connectivity index (χ1n) is 3.74. The monoisotopic (exact) mass is 230 g/mol. The van der Waals surface area contributed by atoms with Gasteiger partial charge in [-0.25, -0.2) is 4.39 Å². The van der Waals surface area contributed by atoms with Crippen LogP contribution in [0.3, 0.4) is 0 Å². The molecule has 0 fully saturated rings. The SMILES string of the molecule is Fc1cc(Br)cc2c1NCCN2. The molecule has 0 amide bonds. The molecule has 1 aromatic carbocycles. The molecule has 0 unspecified atom stereocenters. The Labute approximate surface area is 78.3 Å². The van der Waals surface area contributed by atoms with Crippen molar-refractivity contribution in [2.24, 2.45) is 0 Å². The standard InChI is InChI=1S/C8H8BrFN2/c9-5-3-6(10)8-7(4-5)11-1-2-12-8/h3-4,11-12H,1-2H2. The summed E-state index contributed by atoms with van der Waals surface area (Å²) < 4.78 is 14.0. The number of benzene rings is 1. The van der Waals surface area contributed by atoms with Gasteiger partial charge in [-0.3, -0.25) is 0 Å². The van der Waals surface area contributed by atoms with Gasteiger partial charge in [0.1, 0.15) is 5.82 Å². The molecule has 2 nitrogen and oxygen atoms in total. The quantitative estimate of drug-likeness (QED) is 0.716. The number of hydrogen-bond donors (Lipinski definition) is 2. The van der Waals surface area contributed by atoms with E-state index < -0.39 is 0 Å². The molecule has 4 heteroatoms. The van der Waals surface area contributed by atoms with Crippen LogP contribution in [0, 0.1) is 5.82 Å². The van der Waals surface area contributed by atoms with Gasteiger partial charge in [-0.05, 0) is 12.1 Å². The summed E-state index contributed by atoms with van der Waals surface area (Å²) in [6.45, 7) is 1.61. The number of fused-ring (bicyclic) bond motifs is 1. The van der Waals surface area contributed by atoms with Crippen LogP contribution in [-0.2, 0) is 0 Å². The number of nitrogens with one attached hydrogen (secondary N) is 2. The minimum Gasteiger partial charge on any atom is -0.381 e. The molecule has 0 radical (unpaired) electrons. The topological polar surface area (TPSA) is 24.1 Å². The first-order valence-corrected chi connectivity index (χ1v) is 4.53. The summed E-state index contributed by atoms with van der Waals surface area (Å²) in [5, 5.41) is 6.11. The first-order chi connectivity index (χ1) is 5.77. The zero-order chi connectivity index (χ0) is 8.55. The summed E-state index contributed by atoms with van der Waals surface area (Å²) in [6, 6.07) is 3.32. The lowest BCUT2D eigenvalue weighted by molar-refractivity contribution is 0.628. The molecule has 1 heterocycles. The average Bonchev–Trinajstić information content (AvgIpc) is 2.04. The van der Waals surface area contributed by atoms with Gasteiger partial charge in [-0.15, -0.1) is 0 Å². The van der Waals surface area contributed by atoms with Crippen molar-refractivity contribution in [1.29, 1.82) is 0 Å². The Morgan fingerprint density at radius 1 is 1.25 bits per heavy atom. The van der Waals surface area contributed by atoms with Gasteiger partial charge in [0.25, 0.3) is 0 Å². The van der Waals surface area contributed by atoms with Crippen LogP contribution < -0.4 is 10.6 Å². The lowest BCUT2D eigenvalue weighted by Gasteiger charge is -2.20. The van der Waals surface area contributed by atoms with E-state index in [0.29, 0.717) is 5.69 Å². The number of anilines is 2. The van der Waals surface area contributed by atoms with E-state index in [0.717, 1.165) is 23.2 Å². The number of halogens is 2. The molecule has 64 valence electrons. The maximum Gasteiger partial charge on any atom is 0.149 e. The maximum atomic E-state index is 13.2. The fourth-order valence-electron chi connectivity index (χ4n) is 1.28. The van der Waals surface area contributed by atoms with Gasteiger partial charge in [0, 0.05) is 17.6 Å². The largest absolute Gasteiger partial charge is 0.381 e. The van der Waals surface area contributed by atoms with E-state index in [1.807, 2.05) is 6.07 Å². The highest BCUT2D eigenvalue weighted by Crippen LogP contribution is 2.30. The van der Waals surface area contributed by atoms with Crippen molar-refractivity contribution in [3.05, 3.63) is 22.4 Å². The molecule has 0 saturated carbocycles. The summed E-state index contributed by atoms with van der Waals surface area (Å²) in [4.78, 5) is 0. The molecule has 0 bridgehead atoms. The molecule has 0 aliphatic carbocycles. The van der Waals surface area contributed by atoms with Gasteiger partial charge < -0.3 is 10.6 Å². The number of rotatable bonds is 0. The van der Waals surface area contributed by atoms with E-state index in [1.165, 1.54) is 6.07 Å². The molecule has 0 atom stereocenters. The van der Waals surface area contributed by atoms with E-state index in [1.54, 1.807) is 0 Å². The van der Waals surface area contributed by atoms with E-state index in [4.69, 9.17) is 0 Å². The summed E-state index contributed by atoms with van der Waals surface area (Å²) in [5.74, 6) is -0.216. The van der Waals surface area contributed by atoms with Crippen LogP contribution in [0.2, 0.25) is 0 Å². The zero-order valence-electron chi connectivity index (χ0n) is 6.32. The third kappa shape index (κ3) is 1.27. The van der Waals surface area contributed by atoms with Gasteiger partial charge in [0.15, 0.2) is 0 Å². The molecular formula is C8H8BrFN2. The van der Waals surface area contributed by atoms with Crippen molar-refractivity contribution < 1.29 is 4.39 Å². The van der Waals surface area contributed by atoms with Crippen molar-refractivity contribution >= 4 is 27.3 Å². The molecule has 12 heavy (non-hydrogen) atoms. The van der Waals surface area contributed by atoms with Crippen molar-refractivity contribution in [3.8, 4) is 0 Å². The van der Waals surface area contributed by atoms with Crippen LogP contribution in [0.5, 0.6) is 0 Å². The fourth-order valence-corrected chi connectivity index (χ4v) is 1.71. The first kappa shape index (κ1) is 7.86. The highest BCUT2D eigenvalue weighted by Gasteiger charge is 2.12. The highest BCUT2D eigenvalue weighted by molar-refractivity contribution is 9.10. The molecule has 1 aliphatic heterocycles. The maximum absolute atomic E-state index is 13.2. The van der Waals surface area contributed by atoms with Crippen LogP contribution in [-0.4, -0.2) is 13.1 Å². The molecule has 2 N–H and O–H groups in total. The molecule has 2 rings (SSSR count). The second kappa shape index (κ2) is 2.94. The van der Waals surface area contributed by atoms with Gasteiger partial charge in [0.05, 0.1) is 11.4 Å². The lowest BCUT2D eigenvalue weighted by atomic mass is 10.2. The fraction of sp³-hybridized carbons (Fsp3) is 0.250. The molecule has 1 aromatic rings. The van der Waals surface area contributed by atoms with Crippen LogP contribution >= 0.6 is 15.9 Å². The van der Waals surface area contributed by atoms with Crippen molar-refractivity contribution in [3.63, 3.8) is 0 Å². The molecule has 0 saturated heterocycles. The van der Waals surface area contributed by atoms with Gasteiger partial charge in [-0.2, -0.15) is 0 Å². The summed E-state index contributed by atoms with van der Waals surface area (Å²) >= 11 is 3.23. The zero-order valence-corrected chi connectivity index (χ0v) is 7.91. The lowest BCUT2D eigenvalue weighted by Crippen LogP contribution is -2.21. The minimum atomic E-state index is -0.216. The van der Waals surface area contributed by atoms with E-state index in [9.17, 15) is 4.39 Å². The van der Waals surface area contributed by atoms with Crippen molar-refractivity contribution in [1.82, 2.24) is 0 Å². The van der Waals surface area contributed by atoms with E-state index in [-0.39, 0.29) is 5.82 Å². The Morgan fingerprint density at radius 2 is 2.00 bits per heavy atom. The van der Waals surface area contributed by atoms with Crippen LogP contribution in [0.4, 0.5) is 15.8 Å². The van der Waals surface area contributed by atoms with Crippen LogP contribution in [0.25, 0.3) is 0 Å². The summed E-state index contributed by atoms with van der Waals surface area (Å²) in [7, 11) is 0. The Balaban J connectivity index is 2.53. The average molecular weight is 231 g/mol.